The highest BCUT2D eigenvalue weighted by Gasteiger charge is 2.36. The molecule has 2 aliphatic heterocycles. The first-order chi connectivity index (χ1) is 17.5. The van der Waals surface area contributed by atoms with E-state index < -0.39 is 10.0 Å². The largest absolute Gasteiger partial charge is 0.370 e. The first kappa shape index (κ1) is 23.7. The van der Waals surface area contributed by atoms with Crippen LogP contribution < -0.4 is 9.62 Å². The number of aryl methyl sites for hydroxylation is 2. The first-order valence-electron chi connectivity index (χ1n) is 13.1. The third-order valence-electron chi connectivity index (χ3n) is 8.19. The van der Waals surface area contributed by atoms with Crippen LogP contribution in [0.3, 0.4) is 0 Å². The Kier molecular flexibility index (Phi) is 6.35. The van der Waals surface area contributed by atoms with Gasteiger partial charge in [0.05, 0.1) is 6.33 Å². The Labute approximate surface area is 214 Å². The summed E-state index contributed by atoms with van der Waals surface area (Å²) in [5, 5.41) is 0.0815. The molecule has 2 saturated heterocycles. The Morgan fingerprint density at radius 1 is 1.06 bits per heavy atom. The molecule has 36 heavy (non-hydrogen) atoms. The van der Waals surface area contributed by atoms with Crippen molar-refractivity contribution in [1.82, 2.24) is 19.2 Å². The van der Waals surface area contributed by atoms with Gasteiger partial charge in [0.1, 0.15) is 0 Å². The molecule has 3 heterocycles. The summed E-state index contributed by atoms with van der Waals surface area (Å²) in [7, 11) is -1.84. The van der Waals surface area contributed by atoms with Crippen LogP contribution in [0.5, 0.6) is 0 Å². The minimum absolute atomic E-state index is 0.0815. The molecule has 6 rings (SSSR count). The fraction of sp³-hybridized carbons (Fsp3) is 0.464. The minimum Gasteiger partial charge on any atom is -0.370 e. The number of aromatic nitrogens is 2. The van der Waals surface area contributed by atoms with E-state index in [0.717, 1.165) is 25.8 Å². The van der Waals surface area contributed by atoms with Crippen molar-refractivity contribution in [2.24, 2.45) is 7.05 Å². The number of fused-ring (bicyclic) bond motifs is 1. The van der Waals surface area contributed by atoms with Gasteiger partial charge < -0.3 is 9.47 Å². The number of benzene rings is 2. The van der Waals surface area contributed by atoms with Crippen molar-refractivity contribution in [3.8, 4) is 0 Å². The summed E-state index contributed by atoms with van der Waals surface area (Å²) < 4.78 is 30.1. The van der Waals surface area contributed by atoms with Gasteiger partial charge in [-0.15, -0.1) is 0 Å². The van der Waals surface area contributed by atoms with Gasteiger partial charge in [0, 0.05) is 50.0 Å². The van der Waals surface area contributed by atoms with Gasteiger partial charge in [-0.05, 0) is 74.0 Å². The van der Waals surface area contributed by atoms with Crippen LogP contribution in [-0.4, -0.2) is 61.1 Å². The number of imidazole rings is 1. The van der Waals surface area contributed by atoms with Crippen LogP contribution in [0.1, 0.15) is 41.9 Å². The van der Waals surface area contributed by atoms with Gasteiger partial charge in [-0.1, -0.05) is 36.4 Å². The molecule has 7 nitrogen and oxygen atoms in total. The van der Waals surface area contributed by atoms with E-state index in [1.165, 1.54) is 54.6 Å². The van der Waals surface area contributed by atoms with Gasteiger partial charge in [0.25, 0.3) is 10.0 Å². The monoisotopic (exact) mass is 505 g/mol. The fourth-order valence-electron chi connectivity index (χ4n) is 6.19. The van der Waals surface area contributed by atoms with Crippen LogP contribution in [0.25, 0.3) is 0 Å². The normalized spacial score (nSPS) is 24.5. The molecule has 3 aliphatic rings. The van der Waals surface area contributed by atoms with Crippen LogP contribution in [0, 0.1) is 0 Å². The second-order valence-electron chi connectivity index (χ2n) is 10.6. The lowest BCUT2D eigenvalue weighted by atomic mass is 9.74. The van der Waals surface area contributed by atoms with E-state index in [4.69, 9.17) is 0 Å². The molecule has 3 aromatic rings. The molecule has 190 valence electrons. The van der Waals surface area contributed by atoms with Crippen LogP contribution in [0.15, 0.2) is 66.1 Å². The Morgan fingerprint density at radius 2 is 1.89 bits per heavy atom. The highest BCUT2D eigenvalue weighted by Crippen LogP contribution is 2.40. The molecule has 0 spiro atoms. The third-order valence-corrected chi connectivity index (χ3v) is 9.60. The number of hydrogen-bond donors (Lipinski definition) is 1. The molecule has 3 atom stereocenters. The number of nitrogens with zero attached hydrogens (tertiary/aromatic N) is 4. The van der Waals surface area contributed by atoms with Crippen molar-refractivity contribution < 1.29 is 8.42 Å². The summed E-state index contributed by atoms with van der Waals surface area (Å²) in [5.41, 5.74) is 5.56. The molecule has 8 heteroatoms. The number of likely N-dealkylation sites (tertiary alicyclic amines) is 1. The number of anilines is 1. The molecule has 1 aliphatic carbocycles. The van der Waals surface area contributed by atoms with Crippen molar-refractivity contribution in [3.05, 3.63) is 77.7 Å². The molecule has 0 saturated carbocycles. The standard InChI is InChI=1S/C28H35N5O2S/c1-31-19-28(29-20-31)36(34,35)30-23-12-15-33(18-23)24-10-8-22-9-11-27(32-13-5-14-32)26(25(22)17-24)16-21-6-3-2-4-7-21/h2-4,6-8,10,17,19-20,23,26-27,30H,5,9,11-16,18H2,1H3/t23-,26-,27?/m1/s1. The van der Waals surface area contributed by atoms with E-state index in [2.05, 4.69) is 68.0 Å². The average molecular weight is 506 g/mol. The summed E-state index contributed by atoms with van der Waals surface area (Å²) in [4.78, 5) is 9.04. The summed E-state index contributed by atoms with van der Waals surface area (Å²) in [5.74, 6) is 0.484. The number of hydrogen-bond acceptors (Lipinski definition) is 5. The predicted molar refractivity (Wildman–Crippen MR) is 142 cm³/mol. The lowest BCUT2D eigenvalue weighted by Gasteiger charge is -2.46. The number of rotatable bonds is 7. The molecule has 1 unspecified atom stereocenters. The molecule has 2 fully saturated rings. The predicted octanol–water partition coefficient (Wildman–Crippen LogP) is 3.32. The quantitative estimate of drug-likeness (QED) is 0.534. The lowest BCUT2D eigenvalue weighted by Crippen LogP contribution is -2.50. The second-order valence-corrected chi connectivity index (χ2v) is 12.3. The molecular formula is C28H35N5O2S. The summed E-state index contributed by atoms with van der Waals surface area (Å²) in [6.45, 7) is 3.95. The van der Waals surface area contributed by atoms with Gasteiger partial charge in [-0.2, -0.15) is 0 Å². The van der Waals surface area contributed by atoms with Gasteiger partial charge >= 0.3 is 0 Å². The Morgan fingerprint density at radius 3 is 2.61 bits per heavy atom. The Bertz CT molecular complexity index is 1320. The van der Waals surface area contributed by atoms with Crippen molar-refractivity contribution in [3.63, 3.8) is 0 Å². The van der Waals surface area contributed by atoms with E-state index in [9.17, 15) is 8.42 Å². The highest BCUT2D eigenvalue weighted by atomic mass is 32.2. The topological polar surface area (TPSA) is 70.5 Å². The zero-order chi connectivity index (χ0) is 24.7. The van der Waals surface area contributed by atoms with E-state index >= 15 is 0 Å². The average Bonchev–Trinajstić information content (AvgIpc) is 3.49. The molecule has 0 radical (unpaired) electrons. The molecule has 0 amide bonds. The molecular weight excluding hydrogens is 470 g/mol. The van der Waals surface area contributed by atoms with Crippen LogP contribution in [0.4, 0.5) is 5.69 Å². The zero-order valence-corrected chi connectivity index (χ0v) is 21.7. The molecule has 0 bridgehead atoms. The maximum absolute atomic E-state index is 12.8. The number of nitrogens with one attached hydrogen (secondary N) is 1. The smallest absolute Gasteiger partial charge is 0.259 e. The zero-order valence-electron chi connectivity index (χ0n) is 20.9. The highest BCUT2D eigenvalue weighted by molar-refractivity contribution is 7.89. The lowest BCUT2D eigenvalue weighted by molar-refractivity contribution is 0.0877. The Hall–Kier alpha value is -2.68. The summed E-state index contributed by atoms with van der Waals surface area (Å²) in [6, 6.07) is 18.3. The van der Waals surface area contributed by atoms with Gasteiger partial charge in [-0.25, -0.2) is 18.1 Å². The molecule has 1 aromatic heterocycles. The molecule has 1 N–H and O–H groups in total. The van der Waals surface area contributed by atoms with Gasteiger partial charge in [-0.3, -0.25) is 4.90 Å². The summed E-state index contributed by atoms with van der Waals surface area (Å²) >= 11 is 0. The maximum atomic E-state index is 12.8. The van der Waals surface area contributed by atoms with E-state index in [1.54, 1.807) is 17.8 Å². The second kappa shape index (κ2) is 9.65. The fourth-order valence-corrected chi connectivity index (χ4v) is 7.43. The third kappa shape index (κ3) is 4.69. The molecule has 2 aromatic carbocycles. The maximum Gasteiger partial charge on any atom is 0.259 e. The van der Waals surface area contributed by atoms with Gasteiger partial charge in [0.15, 0.2) is 5.03 Å². The van der Waals surface area contributed by atoms with Crippen molar-refractivity contribution in [1.29, 1.82) is 0 Å². The van der Waals surface area contributed by atoms with E-state index in [1.807, 2.05) is 0 Å². The minimum atomic E-state index is -3.61. The first-order valence-corrected chi connectivity index (χ1v) is 14.6. The van der Waals surface area contributed by atoms with Crippen molar-refractivity contribution >= 4 is 15.7 Å². The van der Waals surface area contributed by atoms with E-state index in [-0.39, 0.29) is 11.1 Å². The summed E-state index contributed by atoms with van der Waals surface area (Å²) in [6.07, 6.45) is 8.57. The van der Waals surface area contributed by atoms with Crippen molar-refractivity contribution in [2.45, 2.75) is 55.1 Å². The Balaban J connectivity index is 1.22. The van der Waals surface area contributed by atoms with Crippen LogP contribution >= 0.6 is 0 Å². The van der Waals surface area contributed by atoms with Crippen LogP contribution in [-0.2, 0) is 29.9 Å². The van der Waals surface area contributed by atoms with Crippen molar-refractivity contribution in [2.75, 3.05) is 31.1 Å². The SMILES string of the molecule is Cn1cnc(S(=O)(=O)N[C@@H]2CCN(c3ccc4c(c3)[C@@H](Cc3ccccc3)C(N3CCC3)CC4)C2)c1. The van der Waals surface area contributed by atoms with E-state index in [0.29, 0.717) is 18.5 Å². The van der Waals surface area contributed by atoms with Crippen LogP contribution in [0.2, 0.25) is 0 Å². The van der Waals surface area contributed by atoms with Gasteiger partial charge in [0.2, 0.25) is 0 Å². The number of sulfonamides is 1.